The number of nitrogens with one attached hydrogen (secondary N) is 2. The number of carbonyl (C=O) groups is 2. The van der Waals surface area contributed by atoms with Gasteiger partial charge in [0.25, 0.3) is 0 Å². The first-order valence-electron chi connectivity index (χ1n) is 17.2. The Kier molecular flexibility index (Phi) is 17.0. The molecule has 2 rings (SSSR count). The van der Waals surface area contributed by atoms with E-state index in [9.17, 15) is 9.59 Å². The summed E-state index contributed by atoms with van der Waals surface area (Å²) in [6.45, 7) is 25.1. The maximum Gasteiger partial charge on any atom is 0.230 e. The van der Waals surface area contributed by atoms with Crippen molar-refractivity contribution in [3.63, 3.8) is 0 Å². The highest BCUT2D eigenvalue weighted by Gasteiger charge is 2.42. The van der Waals surface area contributed by atoms with Crippen LogP contribution in [0.25, 0.3) is 0 Å². The maximum atomic E-state index is 13.9. The summed E-state index contributed by atoms with van der Waals surface area (Å²) in [6.07, 6.45) is 23.8. The van der Waals surface area contributed by atoms with E-state index in [0.29, 0.717) is 23.2 Å². The van der Waals surface area contributed by atoms with Crippen LogP contribution < -0.4 is 10.6 Å². The maximum absolute atomic E-state index is 13.9. The Bertz CT molecular complexity index is 969. The lowest BCUT2D eigenvalue weighted by Crippen LogP contribution is -2.43. The van der Waals surface area contributed by atoms with E-state index in [-0.39, 0.29) is 22.6 Å². The number of allylic oxidation sites excluding steroid dienone is 4. The average molecular weight is 641 g/mol. The van der Waals surface area contributed by atoms with Gasteiger partial charge < -0.3 is 10.6 Å². The SMILES string of the molecule is C=C/C(NC(=O)C1(CC(CC)CC)CCCCC1)=C(\C=C)SS/C(C=C)=C(/C=C)NC(=O)C1(CC(CC)CC)CCCCC1. The summed E-state index contributed by atoms with van der Waals surface area (Å²) in [5.74, 6) is 1.32. The molecule has 0 unspecified atom stereocenters. The first-order valence-corrected chi connectivity index (χ1v) is 19.3. The van der Waals surface area contributed by atoms with E-state index in [4.69, 9.17) is 0 Å². The molecule has 44 heavy (non-hydrogen) atoms. The van der Waals surface area contributed by atoms with Gasteiger partial charge in [-0.2, -0.15) is 0 Å². The third-order valence-corrected chi connectivity index (χ3v) is 12.8. The molecule has 2 aliphatic carbocycles. The van der Waals surface area contributed by atoms with E-state index in [1.54, 1.807) is 24.3 Å². The van der Waals surface area contributed by atoms with E-state index < -0.39 is 0 Å². The molecule has 246 valence electrons. The smallest absolute Gasteiger partial charge is 0.230 e. The Balaban J connectivity index is 2.28. The molecule has 0 atom stereocenters. The summed E-state index contributed by atoms with van der Waals surface area (Å²) in [7, 11) is 2.97. The number of amides is 2. The lowest BCUT2D eigenvalue weighted by atomic mass is 9.67. The molecule has 0 saturated heterocycles. The largest absolute Gasteiger partial charge is 0.325 e. The van der Waals surface area contributed by atoms with Crippen molar-refractivity contribution in [2.75, 3.05) is 0 Å². The Hall–Kier alpha value is -1.92. The summed E-state index contributed by atoms with van der Waals surface area (Å²) >= 11 is 0. The van der Waals surface area contributed by atoms with Gasteiger partial charge in [0.15, 0.2) is 0 Å². The first-order chi connectivity index (χ1) is 21.2. The zero-order chi connectivity index (χ0) is 32.6. The second-order valence-electron chi connectivity index (χ2n) is 12.9. The van der Waals surface area contributed by atoms with Gasteiger partial charge in [0.2, 0.25) is 11.8 Å². The van der Waals surface area contributed by atoms with Gasteiger partial charge in [-0.15, -0.1) is 0 Å². The summed E-state index contributed by atoms with van der Waals surface area (Å²) in [6, 6.07) is 0. The molecule has 2 N–H and O–H groups in total. The van der Waals surface area contributed by atoms with Crippen molar-refractivity contribution < 1.29 is 9.59 Å². The zero-order valence-corrected chi connectivity index (χ0v) is 29.9. The highest BCUT2D eigenvalue weighted by atomic mass is 33.1. The van der Waals surface area contributed by atoms with Crippen LogP contribution in [-0.4, -0.2) is 11.8 Å². The zero-order valence-electron chi connectivity index (χ0n) is 28.2. The molecule has 2 aliphatic rings. The van der Waals surface area contributed by atoms with Gasteiger partial charge in [-0.3, -0.25) is 9.59 Å². The highest BCUT2D eigenvalue weighted by molar-refractivity contribution is 8.79. The molecule has 0 aromatic carbocycles. The second-order valence-corrected chi connectivity index (χ2v) is 15.1. The fourth-order valence-corrected chi connectivity index (χ4v) is 9.42. The van der Waals surface area contributed by atoms with Crippen LogP contribution in [0.3, 0.4) is 0 Å². The van der Waals surface area contributed by atoms with E-state index >= 15 is 0 Å². The van der Waals surface area contributed by atoms with Crippen molar-refractivity contribution >= 4 is 33.4 Å². The van der Waals surface area contributed by atoms with Gasteiger partial charge in [0.05, 0.1) is 11.4 Å². The van der Waals surface area contributed by atoms with Gasteiger partial charge >= 0.3 is 0 Å². The van der Waals surface area contributed by atoms with Crippen LogP contribution in [-0.2, 0) is 9.59 Å². The molecule has 6 heteroatoms. The highest BCUT2D eigenvalue weighted by Crippen LogP contribution is 2.46. The fourth-order valence-electron chi connectivity index (χ4n) is 7.17. The Morgan fingerprint density at radius 1 is 0.591 bits per heavy atom. The van der Waals surface area contributed by atoms with E-state index in [0.717, 1.165) is 99.7 Å². The van der Waals surface area contributed by atoms with Crippen LogP contribution in [0.4, 0.5) is 0 Å². The van der Waals surface area contributed by atoms with E-state index in [1.807, 2.05) is 0 Å². The van der Waals surface area contributed by atoms with Crippen LogP contribution in [0.15, 0.2) is 71.8 Å². The van der Waals surface area contributed by atoms with Crippen molar-refractivity contribution in [2.45, 2.75) is 130 Å². The predicted molar refractivity (Wildman–Crippen MR) is 195 cm³/mol. The lowest BCUT2D eigenvalue weighted by molar-refractivity contribution is -0.134. The van der Waals surface area contributed by atoms with Gasteiger partial charge in [-0.25, -0.2) is 0 Å². The molecular weight excluding hydrogens is 581 g/mol. The van der Waals surface area contributed by atoms with Crippen molar-refractivity contribution in [2.24, 2.45) is 22.7 Å². The molecule has 0 aromatic heterocycles. The van der Waals surface area contributed by atoms with Crippen LogP contribution in [0.5, 0.6) is 0 Å². The van der Waals surface area contributed by atoms with Gasteiger partial charge in [0, 0.05) is 20.6 Å². The minimum absolute atomic E-state index is 0.109. The van der Waals surface area contributed by atoms with Gasteiger partial charge in [-0.1, -0.05) is 152 Å². The van der Waals surface area contributed by atoms with E-state index in [2.05, 4.69) is 64.6 Å². The number of hydrogen-bond donors (Lipinski definition) is 2. The van der Waals surface area contributed by atoms with Gasteiger partial charge in [0.1, 0.15) is 0 Å². The van der Waals surface area contributed by atoms with Crippen LogP contribution >= 0.6 is 21.6 Å². The number of carbonyl (C=O) groups excluding carboxylic acids is 2. The molecule has 4 nitrogen and oxygen atoms in total. The molecule has 2 fully saturated rings. The summed E-state index contributed by atoms with van der Waals surface area (Å²) in [4.78, 5) is 29.5. The summed E-state index contributed by atoms with van der Waals surface area (Å²) in [5, 5.41) is 6.52. The van der Waals surface area contributed by atoms with Gasteiger partial charge in [-0.05, 0) is 62.5 Å². The minimum Gasteiger partial charge on any atom is -0.325 e. The Morgan fingerprint density at radius 3 is 1.16 bits per heavy atom. The topological polar surface area (TPSA) is 58.2 Å². The van der Waals surface area contributed by atoms with E-state index in [1.165, 1.54) is 34.4 Å². The predicted octanol–water partition coefficient (Wildman–Crippen LogP) is 11.3. The van der Waals surface area contributed by atoms with Crippen molar-refractivity contribution in [3.8, 4) is 0 Å². The molecule has 0 bridgehead atoms. The lowest BCUT2D eigenvalue weighted by Gasteiger charge is -2.38. The molecule has 0 aromatic rings. The number of hydrogen-bond acceptors (Lipinski definition) is 4. The van der Waals surface area contributed by atoms with Crippen molar-refractivity contribution in [1.82, 2.24) is 10.6 Å². The molecule has 0 heterocycles. The van der Waals surface area contributed by atoms with Crippen molar-refractivity contribution in [1.29, 1.82) is 0 Å². The van der Waals surface area contributed by atoms with Crippen LogP contribution in [0.2, 0.25) is 0 Å². The fraction of sp³-hybridized carbons (Fsp3) is 0.632. The third kappa shape index (κ3) is 10.3. The average Bonchev–Trinajstić information content (AvgIpc) is 3.07. The Labute approximate surface area is 277 Å². The molecule has 0 spiro atoms. The van der Waals surface area contributed by atoms with Crippen LogP contribution in [0, 0.1) is 22.7 Å². The molecule has 2 saturated carbocycles. The standard InChI is InChI=1S/C38H60N2O2S2/c1-9-29(10-2)27-37(23-19-17-20-24-37)35(41)39-31(13-5)33(15-7)43-44-34(16-8)32(14-6)40-36(42)38(25-21-18-22-26-38)28-30(11-3)12-4/h13-16,29-30H,5-12,17-28H2,1-4H3,(H,39,41)(H,40,42)/b33-31-,34-32-. The van der Waals surface area contributed by atoms with Crippen LogP contribution in [0.1, 0.15) is 130 Å². The third-order valence-electron chi connectivity index (χ3n) is 10.3. The molecule has 0 aliphatic heterocycles. The second kappa shape index (κ2) is 19.6. The quantitative estimate of drug-likeness (QED) is 0.109. The molecule has 0 radical (unpaired) electrons. The number of rotatable bonds is 19. The first kappa shape index (κ1) is 38.3. The Morgan fingerprint density at radius 2 is 0.909 bits per heavy atom. The molecular formula is C38H60N2O2S2. The minimum atomic E-state index is -0.330. The summed E-state index contributed by atoms with van der Waals surface area (Å²) in [5.41, 5.74) is 0.694. The monoisotopic (exact) mass is 640 g/mol. The summed E-state index contributed by atoms with van der Waals surface area (Å²) < 4.78 is 0. The molecule has 2 amide bonds. The van der Waals surface area contributed by atoms with Crippen molar-refractivity contribution in [3.05, 3.63) is 71.8 Å². The normalized spacial score (nSPS) is 19.0.